The van der Waals surface area contributed by atoms with Gasteiger partial charge >= 0.3 is 0 Å². The molecule has 2 aromatic rings. The predicted molar refractivity (Wildman–Crippen MR) is 71.9 cm³/mol. The van der Waals surface area contributed by atoms with Gasteiger partial charge in [-0.3, -0.25) is 4.79 Å². The van der Waals surface area contributed by atoms with Gasteiger partial charge in [-0.05, 0) is 20.3 Å². The van der Waals surface area contributed by atoms with Crippen LogP contribution in [-0.4, -0.2) is 17.0 Å². The molecule has 0 fully saturated rings. The Morgan fingerprint density at radius 2 is 2.17 bits per heavy atom. The van der Waals surface area contributed by atoms with E-state index in [1.54, 1.807) is 0 Å². The van der Waals surface area contributed by atoms with Crippen LogP contribution in [0.5, 0.6) is 0 Å². The fourth-order valence-corrected chi connectivity index (χ4v) is 2.16. The van der Waals surface area contributed by atoms with E-state index in [1.807, 2.05) is 30.5 Å². The molecule has 0 atom stereocenters. The zero-order valence-electron chi connectivity index (χ0n) is 11.2. The Balaban J connectivity index is 2.26. The standard InChI is InChI=1S/C14H20N2O2/c1-4-6-7-15-14(17)12-9-13-11(16(12)5-2)8-10(3)18-13/h8-9H,4-7H2,1-3H3,(H,15,17). The van der Waals surface area contributed by atoms with Gasteiger partial charge in [0.25, 0.3) is 5.91 Å². The molecule has 0 bridgehead atoms. The molecular formula is C14H20N2O2. The molecule has 0 aliphatic rings. The Morgan fingerprint density at radius 3 is 2.83 bits per heavy atom. The number of fused-ring (bicyclic) bond motifs is 1. The molecule has 0 saturated heterocycles. The summed E-state index contributed by atoms with van der Waals surface area (Å²) in [4.78, 5) is 12.1. The monoisotopic (exact) mass is 248 g/mol. The first kappa shape index (κ1) is 12.7. The fourth-order valence-electron chi connectivity index (χ4n) is 2.16. The minimum absolute atomic E-state index is 0.0191. The summed E-state index contributed by atoms with van der Waals surface area (Å²) >= 11 is 0. The number of hydrogen-bond donors (Lipinski definition) is 1. The molecule has 0 spiro atoms. The summed E-state index contributed by atoms with van der Waals surface area (Å²) in [5.41, 5.74) is 2.47. The quantitative estimate of drug-likeness (QED) is 0.826. The average molecular weight is 248 g/mol. The van der Waals surface area contributed by atoms with Crippen LogP contribution in [0.2, 0.25) is 0 Å². The van der Waals surface area contributed by atoms with Crippen molar-refractivity contribution in [3.63, 3.8) is 0 Å². The second kappa shape index (κ2) is 5.29. The van der Waals surface area contributed by atoms with Crippen molar-refractivity contribution in [2.24, 2.45) is 0 Å². The van der Waals surface area contributed by atoms with E-state index >= 15 is 0 Å². The van der Waals surface area contributed by atoms with Crippen molar-refractivity contribution in [3.8, 4) is 0 Å². The van der Waals surface area contributed by atoms with Crippen LogP contribution in [-0.2, 0) is 6.54 Å². The zero-order valence-corrected chi connectivity index (χ0v) is 11.2. The lowest BCUT2D eigenvalue weighted by atomic mass is 10.3. The maximum Gasteiger partial charge on any atom is 0.268 e. The number of unbranched alkanes of at least 4 members (excludes halogenated alkanes) is 1. The van der Waals surface area contributed by atoms with Crippen LogP contribution in [0, 0.1) is 6.92 Å². The first-order valence-corrected chi connectivity index (χ1v) is 6.55. The van der Waals surface area contributed by atoms with E-state index < -0.39 is 0 Å². The highest BCUT2D eigenvalue weighted by atomic mass is 16.3. The number of carbonyl (C=O) groups is 1. The normalized spacial score (nSPS) is 11.1. The smallest absolute Gasteiger partial charge is 0.268 e. The molecule has 1 N–H and O–H groups in total. The first-order valence-electron chi connectivity index (χ1n) is 6.55. The Hall–Kier alpha value is -1.71. The molecule has 98 valence electrons. The Labute approximate surface area is 107 Å². The highest BCUT2D eigenvalue weighted by molar-refractivity contribution is 5.97. The van der Waals surface area contributed by atoms with Crippen LogP contribution < -0.4 is 5.32 Å². The highest BCUT2D eigenvalue weighted by Gasteiger charge is 2.16. The lowest BCUT2D eigenvalue weighted by Crippen LogP contribution is -2.26. The fraction of sp³-hybridized carbons (Fsp3) is 0.500. The number of rotatable bonds is 5. The third-order valence-electron chi connectivity index (χ3n) is 3.08. The molecule has 2 heterocycles. The summed E-state index contributed by atoms with van der Waals surface area (Å²) in [6, 6.07) is 3.80. The minimum Gasteiger partial charge on any atom is -0.460 e. The summed E-state index contributed by atoms with van der Waals surface area (Å²) in [7, 11) is 0. The van der Waals surface area contributed by atoms with Crippen molar-refractivity contribution in [2.75, 3.05) is 6.54 Å². The average Bonchev–Trinajstić information content (AvgIpc) is 2.84. The van der Waals surface area contributed by atoms with Crippen molar-refractivity contribution < 1.29 is 9.21 Å². The van der Waals surface area contributed by atoms with E-state index in [0.717, 1.165) is 42.8 Å². The lowest BCUT2D eigenvalue weighted by Gasteiger charge is -2.07. The van der Waals surface area contributed by atoms with Gasteiger partial charge in [-0.1, -0.05) is 13.3 Å². The summed E-state index contributed by atoms with van der Waals surface area (Å²) in [5, 5.41) is 2.94. The molecule has 2 aromatic heterocycles. The molecule has 0 aliphatic carbocycles. The number of hydrogen-bond acceptors (Lipinski definition) is 2. The minimum atomic E-state index is -0.0191. The molecular weight excluding hydrogens is 228 g/mol. The molecule has 18 heavy (non-hydrogen) atoms. The van der Waals surface area contributed by atoms with Crippen molar-refractivity contribution >= 4 is 17.0 Å². The van der Waals surface area contributed by atoms with Gasteiger partial charge in [0.1, 0.15) is 11.5 Å². The number of aryl methyl sites for hydroxylation is 2. The Bertz CT molecular complexity index is 551. The summed E-state index contributed by atoms with van der Waals surface area (Å²) in [6.07, 6.45) is 2.09. The van der Waals surface area contributed by atoms with Crippen molar-refractivity contribution in [3.05, 3.63) is 23.6 Å². The zero-order chi connectivity index (χ0) is 13.1. The molecule has 4 heteroatoms. The molecule has 0 radical (unpaired) electrons. The van der Waals surface area contributed by atoms with Gasteiger partial charge < -0.3 is 14.3 Å². The summed E-state index contributed by atoms with van der Waals surface area (Å²) in [6.45, 7) is 7.55. The van der Waals surface area contributed by atoms with E-state index in [9.17, 15) is 4.79 Å². The maximum atomic E-state index is 12.1. The number of nitrogens with one attached hydrogen (secondary N) is 1. The van der Waals surface area contributed by atoms with Gasteiger partial charge in [-0.2, -0.15) is 0 Å². The van der Waals surface area contributed by atoms with Gasteiger partial charge in [0, 0.05) is 25.2 Å². The van der Waals surface area contributed by atoms with Crippen LogP contribution in [0.1, 0.15) is 42.9 Å². The number of carbonyl (C=O) groups excluding carboxylic acids is 1. The third kappa shape index (κ3) is 2.28. The van der Waals surface area contributed by atoms with Gasteiger partial charge in [-0.25, -0.2) is 0 Å². The van der Waals surface area contributed by atoms with E-state index in [2.05, 4.69) is 12.2 Å². The SMILES string of the molecule is CCCCNC(=O)c1cc2oc(C)cc2n1CC. The van der Waals surface area contributed by atoms with E-state index in [1.165, 1.54) is 0 Å². The van der Waals surface area contributed by atoms with Gasteiger partial charge in [0.2, 0.25) is 0 Å². The van der Waals surface area contributed by atoms with Crippen LogP contribution in [0.25, 0.3) is 11.1 Å². The molecule has 1 amide bonds. The number of furan rings is 1. The summed E-state index contributed by atoms with van der Waals surface area (Å²) < 4.78 is 7.56. The van der Waals surface area contributed by atoms with Crippen molar-refractivity contribution in [1.82, 2.24) is 9.88 Å². The molecule has 0 unspecified atom stereocenters. The summed E-state index contributed by atoms with van der Waals surface area (Å²) in [5.74, 6) is 0.856. The molecule has 0 aliphatic heterocycles. The number of amides is 1. The molecule has 0 saturated carbocycles. The van der Waals surface area contributed by atoms with Crippen molar-refractivity contribution in [1.29, 1.82) is 0 Å². The van der Waals surface area contributed by atoms with Crippen LogP contribution in [0.3, 0.4) is 0 Å². The molecule has 0 aromatic carbocycles. The lowest BCUT2D eigenvalue weighted by molar-refractivity contribution is 0.0944. The second-order valence-corrected chi connectivity index (χ2v) is 4.49. The van der Waals surface area contributed by atoms with Gasteiger partial charge in [-0.15, -0.1) is 0 Å². The van der Waals surface area contributed by atoms with Gasteiger partial charge in [0.05, 0.1) is 5.52 Å². The Kier molecular flexibility index (Phi) is 3.75. The number of nitrogens with zero attached hydrogens (tertiary/aromatic N) is 1. The number of aromatic nitrogens is 1. The second-order valence-electron chi connectivity index (χ2n) is 4.49. The maximum absolute atomic E-state index is 12.1. The Morgan fingerprint density at radius 1 is 1.39 bits per heavy atom. The van der Waals surface area contributed by atoms with Gasteiger partial charge in [0.15, 0.2) is 5.58 Å². The van der Waals surface area contributed by atoms with E-state index in [0.29, 0.717) is 5.69 Å². The van der Waals surface area contributed by atoms with E-state index in [-0.39, 0.29) is 5.91 Å². The van der Waals surface area contributed by atoms with E-state index in [4.69, 9.17) is 4.42 Å². The largest absolute Gasteiger partial charge is 0.460 e. The van der Waals surface area contributed by atoms with Crippen molar-refractivity contribution in [2.45, 2.75) is 40.2 Å². The molecule has 4 nitrogen and oxygen atoms in total. The highest BCUT2D eigenvalue weighted by Crippen LogP contribution is 2.23. The molecule has 2 rings (SSSR count). The predicted octanol–water partition coefficient (Wildman–Crippen LogP) is 3.09. The topological polar surface area (TPSA) is 47.2 Å². The van der Waals surface area contributed by atoms with Crippen LogP contribution in [0.4, 0.5) is 0 Å². The first-order chi connectivity index (χ1) is 8.67. The van der Waals surface area contributed by atoms with Crippen LogP contribution in [0.15, 0.2) is 16.5 Å². The third-order valence-corrected chi connectivity index (χ3v) is 3.08. The van der Waals surface area contributed by atoms with Crippen LogP contribution >= 0.6 is 0 Å².